The topological polar surface area (TPSA) is 43.2 Å². The third-order valence-corrected chi connectivity index (χ3v) is 7.77. The molecule has 4 rings (SSSR count). The summed E-state index contributed by atoms with van der Waals surface area (Å²) in [5.74, 6) is 3.74. The Morgan fingerprint density at radius 3 is 1.38 bits per heavy atom. The van der Waals surface area contributed by atoms with Crippen LogP contribution in [-0.2, 0) is 0 Å². The minimum absolute atomic E-state index is 0.845. The second-order valence-corrected chi connectivity index (χ2v) is 10.3. The highest BCUT2D eigenvalue weighted by molar-refractivity contribution is 8.00. The predicted octanol–water partition coefficient (Wildman–Crippen LogP) is 8.48. The maximum atomic E-state index is 5.23. The summed E-state index contributed by atoms with van der Waals surface area (Å²) >= 11 is 3.70. The third-order valence-electron chi connectivity index (χ3n) is 5.47. The van der Waals surface area contributed by atoms with E-state index >= 15 is 0 Å². The van der Waals surface area contributed by atoms with E-state index in [4.69, 9.17) is 19.5 Å². The summed E-state index contributed by atoms with van der Waals surface area (Å²) in [5.41, 5.74) is 4.08. The average Bonchev–Trinajstić information content (AvgIpc) is 2.96. The van der Waals surface area contributed by atoms with E-state index in [1.807, 2.05) is 96.6 Å². The summed E-state index contributed by atoms with van der Waals surface area (Å²) in [6.07, 6.45) is 4.89. The van der Waals surface area contributed by atoms with Gasteiger partial charge >= 0.3 is 0 Å². The lowest BCUT2D eigenvalue weighted by Crippen LogP contribution is -1.87. The fraction of sp³-hybridized carbons (Fsp3) is 0.161. The van der Waals surface area contributed by atoms with Crippen molar-refractivity contribution >= 4 is 47.3 Å². The molecule has 0 heterocycles. The molecular formula is C31H30N2O2S2. The molecule has 4 nitrogen and oxygen atoms in total. The molecule has 0 atom stereocenters. The Bertz CT molecular complexity index is 1220. The molecule has 0 amide bonds. The minimum atomic E-state index is 0.845. The number of thioether (sulfide) groups is 2. The van der Waals surface area contributed by atoms with Gasteiger partial charge in [-0.2, -0.15) is 0 Å². The number of para-hydroxylation sites is 2. The van der Waals surface area contributed by atoms with Gasteiger partial charge in [0.25, 0.3) is 0 Å². The van der Waals surface area contributed by atoms with Crippen LogP contribution in [0.2, 0.25) is 0 Å². The van der Waals surface area contributed by atoms with Crippen LogP contribution >= 0.6 is 23.5 Å². The van der Waals surface area contributed by atoms with E-state index in [0.29, 0.717) is 0 Å². The van der Waals surface area contributed by atoms with Crippen molar-refractivity contribution in [3.8, 4) is 11.5 Å². The molecule has 0 spiro atoms. The lowest BCUT2D eigenvalue weighted by molar-refractivity contribution is 0.414. The third kappa shape index (κ3) is 8.27. The first-order valence-electron chi connectivity index (χ1n) is 12.0. The minimum Gasteiger partial charge on any atom is -0.497 e. The Hall–Kier alpha value is -3.48. The van der Waals surface area contributed by atoms with Gasteiger partial charge in [-0.3, -0.25) is 9.98 Å². The van der Waals surface area contributed by atoms with Gasteiger partial charge in [0.1, 0.15) is 11.5 Å². The van der Waals surface area contributed by atoms with Gasteiger partial charge in [0.15, 0.2) is 0 Å². The van der Waals surface area contributed by atoms with E-state index in [2.05, 4.69) is 36.4 Å². The Morgan fingerprint density at radius 1 is 0.568 bits per heavy atom. The van der Waals surface area contributed by atoms with Crippen LogP contribution in [-0.4, -0.2) is 38.2 Å². The van der Waals surface area contributed by atoms with Gasteiger partial charge in [-0.1, -0.05) is 24.3 Å². The highest BCUT2D eigenvalue weighted by Gasteiger charge is 2.04. The molecule has 0 aliphatic heterocycles. The molecule has 0 bridgehead atoms. The molecule has 0 fully saturated rings. The standard InChI is InChI=1S/C31H30N2O2S2/c1-34-26-16-12-24(13-17-26)22-32-28-8-3-5-10-30(28)36-20-7-21-37-31-11-6-4-9-29(31)33-23-25-14-18-27(35-2)19-15-25/h3-6,8-19,22-23H,7,20-21H2,1-2H3. The van der Waals surface area contributed by atoms with Crippen molar-refractivity contribution in [1.82, 2.24) is 0 Å². The number of nitrogens with zero attached hydrogens (tertiary/aromatic N) is 2. The van der Waals surface area contributed by atoms with Gasteiger partial charge in [0, 0.05) is 22.2 Å². The lowest BCUT2D eigenvalue weighted by atomic mass is 10.2. The predicted molar refractivity (Wildman–Crippen MR) is 159 cm³/mol. The van der Waals surface area contributed by atoms with Crippen molar-refractivity contribution in [2.45, 2.75) is 16.2 Å². The highest BCUT2D eigenvalue weighted by Crippen LogP contribution is 2.32. The van der Waals surface area contributed by atoms with Crippen LogP contribution in [0, 0.1) is 0 Å². The van der Waals surface area contributed by atoms with Crippen LogP contribution in [0.3, 0.4) is 0 Å². The van der Waals surface area contributed by atoms with Crippen LogP contribution in [0.25, 0.3) is 0 Å². The fourth-order valence-corrected chi connectivity index (χ4v) is 5.55. The van der Waals surface area contributed by atoms with Gasteiger partial charge in [-0.05, 0) is 102 Å². The second kappa shape index (κ2) is 14.3. The number of rotatable bonds is 12. The smallest absolute Gasteiger partial charge is 0.118 e. The van der Waals surface area contributed by atoms with E-state index < -0.39 is 0 Å². The number of aliphatic imine (C=N–C) groups is 2. The molecule has 0 aromatic heterocycles. The van der Waals surface area contributed by atoms with Crippen LogP contribution in [0.4, 0.5) is 11.4 Å². The zero-order valence-corrected chi connectivity index (χ0v) is 22.7. The molecule has 4 aromatic rings. The van der Waals surface area contributed by atoms with E-state index in [0.717, 1.165) is 51.9 Å². The number of methoxy groups -OCH3 is 2. The molecule has 0 radical (unpaired) electrons. The first kappa shape index (κ1) is 26.6. The van der Waals surface area contributed by atoms with Crippen molar-refractivity contribution in [3.05, 3.63) is 108 Å². The summed E-state index contributed by atoms with van der Waals surface area (Å²) in [4.78, 5) is 11.9. The fourth-order valence-electron chi connectivity index (χ4n) is 3.46. The van der Waals surface area contributed by atoms with Crippen molar-refractivity contribution in [1.29, 1.82) is 0 Å². The molecule has 0 aliphatic rings. The van der Waals surface area contributed by atoms with Crippen molar-refractivity contribution < 1.29 is 9.47 Å². The zero-order valence-electron chi connectivity index (χ0n) is 21.0. The van der Waals surface area contributed by atoms with E-state index in [1.165, 1.54) is 9.79 Å². The van der Waals surface area contributed by atoms with Gasteiger partial charge in [-0.15, -0.1) is 23.5 Å². The van der Waals surface area contributed by atoms with Crippen LogP contribution in [0.1, 0.15) is 17.5 Å². The van der Waals surface area contributed by atoms with Crippen molar-refractivity contribution in [3.63, 3.8) is 0 Å². The Labute approximate surface area is 227 Å². The Morgan fingerprint density at radius 2 is 0.973 bits per heavy atom. The summed E-state index contributed by atoms with van der Waals surface area (Å²) in [6, 6.07) is 32.4. The van der Waals surface area contributed by atoms with Crippen molar-refractivity contribution in [2.24, 2.45) is 9.98 Å². The molecule has 0 aliphatic carbocycles. The van der Waals surface area contributed by atoms with Gasteiger partial charge in [0.05, 0.1) is 25.6 Å². The number of benzene rings is 4. The molecule has 188 valence electrons. The molecule has 0 unspecified atom stereocenters. The maximum Gasteiger partial charge on any atom is 0.118 e. The molecule has 6 heteroatoms. The van der Waals surface area contributed by atoms with E-state index in [1.54, 1.807) is 14.2 Å². The average molecular weight is 527 g/mol. The number of ether oxygens (including phenoxy) is 2. The number of hydrogen-bond donors (Lipinski definition) is 0. The molecule has 0 saturated heterocycles. The second-order valence-electron chi connectivity index (χ2n) is 8.05. The lowest BCUT2D eigenvalue weighted by Gasteiger charge is -2.07. The maximum absolute atomic E-state index is 5.23. The largest absolute Gasteiger partial charge is 0.497 e. The van der Waals surface area contributed by atoms with Gasteiger partial charge < -0.3 is 9.47 Å². The first-order chi connectivity index (χ1) is 18.2. The summed E-state index contributed by atoms with van der Waals surface area (Å²) in [7, 11) is 3.34. The van der Waals surface area contributed by atoms with E-state index in [-0.39, 0.29) is 0 Å². The van der Waals surface area contributed by atoms with Gasteiger partial charge in [0.2, 0.25) is 0 Å². The van der Waals surface area contributed by atoms with Crippen LogP contribution < -0.4 is 9.47 Å². The Kier molecular flexibility index (Phi) is 10.3. The summed E-state index contributed by atoms with van der Waals surface area (Å²) < 4.78 is 10.5. The quantitative estimate of drug-likeness (QED) is 0.105. The van der Waals surface area contributed by atoms with Crippen LogP contribution in [0.15, 0.2) is 117 Å². The molecule has 0 N–H and O–H groups in total. The molecule has 0 saturated carbocycles. The summed E-state index contributed by atoms with van der Waals surface area (Å²) in [5, 5.41) is 0. The monoisotopic (exact) mass is 526 g/mol. The molecular weight excluding hydrogens is 496 g/mol. The van der Waals surface area contributed by atoms with Gasteiger partial charge in [-0.25, -0.2) is 0 Å². The molecule has 4 aromatic carbocycles. The normalized spacial score (nSPS) is 11.3. The van der Waals surface area contributed by atoms with Crippen LogP contribution in [0.5, 0.6) is 11.5 Å². The van der Waals surface area contributed by atoms with Crippen molar-refractivity contribution in [2.75, 3.05) is 25.7 Å². The Balaban J connectivity index is 1.28. The number of hydrogen-bond acceptors (Lipinski definition) is 6. The first-order valence-corrected chi connectivity index (χ1v) is 14.0. The molecule has 37 heavy (non-hydrogen) atoms. The SMILES string of the molecule is COc1ccc(C=Nc2ccccc2SCCCSc2ccccc2N=Cc2ccc(OC)cc2)cc1. The zero-order chi connectivity index (χ0) is 25.7. The van der Waals surface area contributed by atoms with E-state index in [9.17, 15) is 0 Å². The highest BCUT2D eigenvalue weighted by atomic mass is 32.2. The summed E-state index contributed by atoms with van der Waals surface area (Å²) in [6.45, 7) is 0.